The van der Waals surface area contributed by atoms with Crippen LogP contribution >= 0.6 is 11.8 Å². The van der Waals surface area contributed by atoms with Gasteiger partial charge in [0.2, 0.25) is 0 Å². The molecule has 4 atom stereocenters. The second-order valence-electron chi connectivity index (χ2n) is 7.16. The van der Waals surface area contributed by atoms with Gasteiger partial charge >= 0.3 is 18.1 Å². The van der Waals surface area contributed by atoms with Crippen molar-refractivity contribution < 1.29 is 33.5 Å². The highest BCUT2D eigenvalue weighted by Crippen LogP contribution is 2.33. The fourth-order valence-electron chi connectivity index (χ4n) is 3.71. The molecule has 1 N–H and O–H groups in total. The highest BCUT2D eigenvalue weighted by Gasteiger charge is 2.58. The van der Waals surface area contributed by atoms with Gasteiger partial charge in [0, 0.05) is 32.2 Å². The summed E-state index contributed by atoms with van der Waals surface area (Å²) < 4.78 is 4.74. The molecule has 0 aromatic heterocycles. The van der Waals surface area contributed by atoms with Crippen molar-refractivity contribution in [3.8, 4) is 0 Å². The van der Waals surface area contributed by atoms with E-state index in [4.69, 9.17) is 4.74 Å². The summed E-state index contributed by atoms with van der Waals surface area (Å²) in [5.74, 6) is -0.791. The van der Waals surface area contributed by atoms with Crippen LogP contribution in [-0.2, 0) is 14.3 Å². The van der Waals surface area contributed by atoms with Crippen molar-refractivity contribution in [2.75, 3.05) is 25.4 Å². The molecule has 3 amide bonds. The molecule has 2 rings (SSSR count). The van der Waals surface area contributed by atoms with Crippen LogP contribution in [-0.4, -0.2) is 75.2 Å². The van der Waals surface area contributed by atoms with Crippen molar-refractivity contribution in [3.05, 3.63) is 0 Å². The average Bonchev–Trinajstić information content (AvgIpc) is 3.20. The molecule has 0 bridgehead atoms. The zero-order valence-corrected chi connectivity index (χ0v) is 16.3. The second-order valence-corrected chi connectivity index (χ2v) is 8.36. The van der Waals surface area contributed by atoms with Crippen molar-refractivity contribution in [1.29, 1.82) is 0 Å². The highest BCUT2D eigenvalue weighted by molar-refractivity contribution is 8.13. The topological polar surface area (TPSA) is 101 Å². The molecular formula is C17H27N2O6S+. The minimum absolute atomic E-state index is 0.0655. The van der Waals surface area contributed by atoms with Crippen molar-refractivity contribution in [1.82, 2.24) is 4.90 Å². The Bertz CT molecular complexity index is 592. The van der Waals surface area contributed by atoms with Gasteiger partial charge in [-0.3, -0.25) is 4.79 Å². The van der Waals surface area contributed by atoms with Gasteiger partial charge in [-0.25, -0.2) is 9.59 Å². The SMILES string of the molecule is CC(=O)SCC(C)C(=O)[N@@+]1(C(=O)O)C[C@@H](OC(=O)N2CCCC2)C[C@H]1C. The molecule has 0 spiro atoms. The molecular weight excluding hydrogens is 360 g/mol. The first-order valence-corrected chi connectivity index (χ1v) is 9.91. The van der Waals surface area contributed by atoms with Crippen molar-refractivity contribution in [2.45, 2.75) is 52.2 Å². The van der Waals surface area contributed by atoms with E-state index in [9.17, 15) is 24.3 Å². The van der Waals surface area contributed by atoms with Crippen molar-refractivity contribution in [3.63, 3.8) is 0 Å². The molecule has 26 heavy (non-hydrogen) atoms. The molecule has 0 radical (unpaired) electrons. The summed E-state index contributed by atoms with van der Waals surface area (Å²) in [5, 5.41) is 9.71. The van der Waals surface area contributed by atoms with Crippen LogP contribution in [0.2, 0.25) is 0 Å². The number of ether oxygens (including phenoxy) is 1. The van der Waals surface area contributed by atoms with Gasteiger partial charge in [-0.15, -0.1) is 0 Å². The quantitative estimate of drug-likeness (QED) is 0.739. The van der Waals surface area contributed by atoms with Gasteiger partial charge in [-0.05, 0) is 26.7 Å². The molecule has 8 nitrogen and oxygen atoms in total. The van der Waals surface area contributed by atoms with Crippen LogP contribution in [0.1, 0.15) is 40.0 Å². The fraction of sp³-hybridized carbons (Fsp3) is 0.765. The van der Waals surface area contributed by atoms with E-state index < -0.39 is 40.6 Å². The number of nitrogens with zero attached hydrogens (tertiary/aromatic N) is 2. The number of imide groups is 1. The van der Waals surface area contributed by atoms with E-state index in [2.05, 4.69) is 0 Å². The third-order valence-corrected chi connectivity index (χ3v) is 6.25. The Kier molecular flexibility index (Phi) is 6.68. The second kappa shape index (κ2) is 8.39. The molecule has 0 aliphatic carbocycles. The van der Waals surface area contributed by atoms with Crippen molar-refractivity contribution in [2.24, 2.45) is 5.92 Å². The number of carbonyl (C=O) groups is 4. The van der Waals surface area contributed by atoms with Gasteiger partial charge in [0.1, 0.15) is 12.6 Å². The summed E-state index contributed by atoms with van der Waals surface area (Å²) in [7, 11) is 0. The third kappa shape index (κ3) is 4.20. The minimum atomic E-state index is -1.23. The number of hydrogen-bond acceptors (Lipinski definition) is 6. The third-order valence-electron chi connectivity index (χ3n) is 5.17. The van der Waals surface area contributed by atoms with Crippen LogP contribution in [0.15, 0.2) is 0 Å². The molecule has 2 fully saturated rings. The van der Waals surface area contributed by atoms with E-state index in [1.54, 1.807) is 18.7 Å². The number of quaternary nitrogens is 1. The number of hydrogen-bond donors (Lipinski definition) is 1. The number of amides is 3. The van der Waals surface area contributed by atoms with Gasteiger partial charge in [0.05, 0.1) is 5.92 Å². The number of carbonyl (C=O) groups excluding carboxylic acids is 3. The monoisotopic (exact) mass is 387 g/mol. The highest BCUT2D eigenvalue weighted by atomic mass is 32.2. The lowest BCUT2D eigenvalue weighted by molar-refractivity contribution is -0.795. The minimum Gasteiger partial charge on any atom is -0.440 e. The van der Waals surface area contributed by atoms with E-state index >= 15 is 0 Å². The predicted octanol–water partition coefficient (Wildman–Crippen LogP) is 2.32. The van der Waals surface area contributed by atoms with E-state index in [1.807, 2.05) is 0 Å². The van der Waals surface area contributed by atoms with Gasteiger partial charge in [0.15, 0.2) is 11.2 Å². The molecule has 1 unspecified atom stereocenters. The first-order valence-electron chi connectivity index (χ1n) is 8.93. The maximum absolute atomic E-state index is 12.9. The molecule has 0 aromatic rings. The lowest BCUT2D eigenvalue weighted by Gasteiger charge is -2.31. The molecule has 146 valence electrons. The van der Waals surface area contributed by atoms with Crippen LogP contribution in [0.4, 0.5) is 9.59 Å². The molecule has 0 aromatic carbocycles. The summed E-state index contributed by atoms with van der Waals surface area (Å²) in [4.78, 5) is 49.9. The fourth-order valence-corrected chi connectivity index (χ4v) is 4.34. The number of rotatable bonds is 4. The Morgan fingerprint density at radius 2 is 1.88 bits per heavy atom. The molecule has 2 saturated heterocycles. The van der Waals surface area contributed by atoms with E-state index in [0.717, 1.165) is 24.6 Å². The first-order chi connectivity index (χ1) is 12.2. The first kappa shape index (κ1) is 20.7. The summed E-state index contributed by atoms with van der Waals surface area (Å²) in [6.07, 6.45) is -0.0700. The van der Waals surface area contributed by atoms with Gasteiger partial charge in [-0.1, -0.05) is 11.8 Å². The molecule has 2 aliphatic heterocycles. The van der Waals surface area contributed by atoms with Gasteiger partial charge in [-0.2, -0.15) is 9.28 Å². The van der Waals surface area contributed by atoms with Crippen LogP contribution in [0, 0.1) is 5.92 Å². The normalized spacial score (nSPS) is 29.4. The number of thioether (sulfide) groups is 1. The van der Waals surface area contributed by atoms with Gasteiger partial charge < -0.3 is 14.7 Å². The van der Waals surface area contributed by atoms with E-state index in [1.165, 1.54) is 6.92 Å². The van der Waals surface area contributed by atoms with E-state index in [0.29, 0.717) is 19.5 Å². The maximum Gasteiger partial charge on any atom is 0.521 e. The summed E-state index contributed by atoms with van der Waals surface area (Å²) in [5.41, 5.74) is 0. The smallest absolute Gasteiger partial charge is 0.440 e. The molecule has 9 heteroatoms. The van der Waals surface area contributed by atoms with Crippen LogP contribution in [0.5, 0.6) is 0 Å². The van der Waals surface area contributed by atoms with Gasteiger partial charge in [0.25, 0.3) is 0 Å². The standard InChI is InChI=1S/C17H26N2O6S/c1-11(10-26-13(3)20)15(21)19(17(23)24)9-14(8-12(19)2)25-16(22)18-6-4-5-7-18/h11-12,14H,4-10H2,1-3H3/p+1/t11?,12-,14+,19-/m1/s1. The van der Waals surface area contributed by atoms with Crippen LogP contribution < -0.4 is 0 Å². The molecule has 2 aliphatic rings. The largest absolute Gasteiger partial charge is 0.521 e. The lowest BCUT2D eigenvalue weighted by atomic mass is 10.1. The molecule has 2 heterocycles. The Morgan fingerprint density at radius 1 is 1.27 bits per heavy atom. The number of carboxylic acid groups (broad SMARTS) is 1. The van der Waals surface area contributed by atoms with Crippen LogP contribution in [0.25, 0.3) is 0 Å². The van der Waals surface area contributed by atoms with Crippen molar-refractivity contribution >= 4 is 35.0 Å². The zero-order valence-electron chi connectivity index (χ0n) is 15.5. The average molecular weight is 387 g/mol. The predicted molar refractivity (Wildman–Crippen MR) is 95.6 cm³/mol. The number of likely N-dealkylation sites (tertiary alicyclic amines) is 2. The maximum atomic E-state index is 12.9. The summed E-state index contributed by atoms with van der Waals surface area (Å²) >= 11 is 1.01. The lowest BCUT2D eigenvalue weighted by Crippen LogP contribution is -2.61. The summed E-state index contributed by atoms with van der Waals surface area (Å²) in [6, 6.07) is -0.499. The Hall–Kier alpha value is -1.61. The van der Waals surface area contributed by atoms with E-state index in [-0.39, 0.29) is 17.4 Å². The zero-order chi connectivity index (χ0) is 19.5. The Morgan fingerprint density at radius 3 is 2.42 bits per heavy atom. The Balaban J connectivity index is 2.09. The Labute approximate surface area is 157 Å². The summed E-state index contributed by atoms with van der Waals surface area (Å²) in [6.45, 7) is 5.98. The van der Waals surface area contributed by atoms with Crippen LogP contribution in [0.3, 0.4) is 0 Å². The molecule has 0 saturated carbocycles.